The third kappa shape index (κ3) is 22.6. The topological polar surface area (TPSA) is 114 Å². The maximum atomic E-state index is 12.1. The highest BCUT2D eigenvalue weighted by atomic mass is 16.6. The molecule has 0 bridgehead atoms. The average Bonchev–Trinajstić information content (AvgIpc) is 2.77. The van der Waals surface area contributed by atoms with Crippen molar-refractivity contribution in [3.05, 3.63) is 0 Å². The predicted octanol–water partition coefficient (Wildman–Crippen LogP) is 1.20. The van der Waals surface area contributed by atoms with Gasteiger partial charge >= 0.3 is 0 Å². The molecule has 0 atom stereocenters. The molecule has 1 amide bonds. The van der Waals surface area contributed by atoms with Crippen molar-refractivity contribution < 1.29 is 38.0 Å². The lowest BCUT2D eigenvalue weighted by atomic mass is 10.1. The van der Waals surface area contributed by atoms with E-state index in [4.69, 9.17) is 28.4 Å². The van der Waals surface area contributed by atoms with Crippen molar-refractivity contribution in [2.75, 3.05) is 79.2 Å². The number of hydrogen-bond acceptors (Lipinski definition) is 9. The molecule has 10 nitrogen and oxygen atoms in total. The maximum Gasteiger partial charge on any atom is 0.234 e. The highest BCUT2D eigenvalue weighted by Gasteiger charge is 2.13. The summed E-state index contributed by atoms with van der Waals surface area (Å²) in [5.74, 6) is -0.365. The Kier molecular flexibility index (Phi) is 21.6. The van der Waals surface area contributed by atoms with Crippen LogP contribution in [0.2, 0.25) is 0 Å². The predicted molar refractivity (Wildman–Crippen MR) is 130 cm³/mol. The minimum Gasteiger partial charge on any atom is -0.377 e. The molecular weight excluding hydrogens is 444 g/mol. The molecule has 0 rings (SSSR count). The second-order valence-electron chi connectivity index (χ2n) is 8.69. The molecule has 0 saturated carbocycles. The fourth-order valence-corrected chi connectivity index (χ4v) is 2.43. The Bertz CT molecular complexity index is 479. The van der Waals surface area contributed by atoms with Gasteiger partial charge in [0.25, 0.3) is 0 Å². The molecule has 0 aliphatic rings. The summed E-state index contributed by atoms with van der Waals surface area (Å²) in [5, 5.41) is 5.76. The van der Waals surface area contributed by atoms with Gasteiger partial charge in [-0.2, -0.15) is 0 Å². The molecular formula is C24H48N2O8. The minimum absolute atomic E-state index is 0.00541. The molecule has 0 radical (unpaired) electrons. The Morgan fingerprint density at radius 2 is 1.06 bits per heavy atom. The van der Waals surface area contributed by atoms with E-state index in [1.165, 1.54) is 0 Å². The summed E-state index contributed by atoms with van der Waals surface area (Å²) in [6.07, 6.45) is 0.372. The number of ketones is 1. The molecule has 0 spiro atoms. The number of ether oxygens (including phenoxy) is 6. The van der Waals surface area contributed by atoms with Crippen molar-refractivity contribution in [3.8, 4) is 0 Å². The van der Waals surface area contributed by atoms with E-state index >= 15 is 0 Å². The van der Waals surface area contributed by atoms with Gasteiger partial charge in [-0.15, -0.1) is 0 Å². The van der Waals surface area contributed by atoms with Crippen molar-refractivity contribution in [2.45, 2.75) is 59.8 Å². The smallest absolute Gasteiger partial charge is 0.234 e. The Hall–Kier alpha value is -1.14. The summed E-state index contributed by atoms with van der Waals surface area (Å²) in [4.78, 5) is 23.7. The molecule has 0 unspecified atom stereocenters. The maximum absolute atomic E-state index is 12.1. The van der Waals surface area contributed by atoms with Crippen molar-refractivity contribution in [3.63, 3.8) is 0 Å². The van der Waals surface area contributed by atoms with Crippen molar-refractivity contribution in [1.29, 1.82) is 0 Å². The van der Waals surface area contributed by atoms with Crippen LogP contribution in [0.15, 0.2) is 0 Å². The Morgan fingerprint density at radius 1 is 0.618 bits per heavy atom. The largest absolute Gasteiger partial charge is 0.377 e. The van der Waals surface area contributed by atoms with E-state index in [0.717, 1.165) is 0 Å². The van der Waals surface area contributed by atoms with E-state index in [-0.39, 0.29) is 48.9 Å². The van der Waals surface area contributed by atoms with Crippen LogP contribution in [0.4, 0.5) is 0 Å². The Morgan fingerprint density at radius 3 is 1.50 bits per heavy atom. The van der Waals surface area contributed by atoms with Gasteiger partial charge < -0.3 is 39.1 Å². The summed E-state index contributed by atoms with van der Waals surface area (Å²) in [7, 11) is 0. The molecule has 202 valence electrons. The van der Waals surface area contributed by atoms with Crippen LogP contribution in [0.5, 0.6) is 0 Å². The molecule has 0 aliphatic heterocycles. The van der Waals surface area contributed by atoms with Crippen molar-refractivity contribution in [1.82, 2.24) is 10.6 Å². The highest BCUT2D eigenvalue weighted by Crippen LogP contribution is 1.94. The Labute approximate surface area is 205 Å². The molecule has 34 heavy (non-hydrogen) atoms. The summed E-state index contributed by atoms with van der Waals surface area (Å²) >= 11 is 0. The first-order chi connectivity index (χ1) is 16.2. The van der Waals surface area contributed by atoms with E-state index in [0.29, 0.717) is 66.1 Å². The van der Waals surface area contributed by atoms with Crippen LogP contribution < -0.4 is 10.6 Å². The number of carbonyl (C=O) groups excluding carboxylic acids is 2. The number of hydrogen-bond donors (Lipinski definition) is 2. The lowest BCUT2D eigenvalue weighted by Gasteiger charge is -2.19. The van der Waals surface area contributed by atoms with Gasteiger partial charge in [0.2, 0.25) is 5.91 Å². The van der Waals surface area contributed by atoms with Crippen LogP contribution in [0.1, 0.15) is 41.5 Å². The number of nitrogens with one attached hydrogen (secondary N) is 2. The van der Waals surface area contributed by atoms with Crippen molar-refractivity contribution in [2.24, 2.45) is 5.92 Å². The number of Topliss-reactive ketones (excluding diaryl/α,β-unsaturated/α-hetero) is 1. The molecule has 10 heteroatoms. The summed E-state index contributed by atoms with van der Waals surface area (Å²) < 4.78 is 33.1. The number of rotatable bonds is 24. The van der Waals surface area contributed by atoms with Crippen LogP contribution in [0, 0.1) is 5.92 Å². The quantitative estimate of drug-likeness (QED) is 0.192. The fraction of sp³-hybridized carbons (Fsp3) is 0.917. The first kappa shape index (κ1) is 32.9. The standard InChI is InChI=1S/C24H48N2O8/c1-19(2)23(27)15-26-24(28)16-25-22(17-31-9-7-29-11-13-33-20(3)4)18-32-10-8-30-12-14-34-21(5)6/h19-22,25H,7-18H2,1-6H3,(H,26,28). The minimum atomic E-state index is -0.249. The van der Waals surface area contributed by atoms with E-state index in [1.54, 1.807) is 13.8 Å². The van der Waals surface area contributed by atoms with Crippen LogP contribution in [-0.2, 0) is 38.0 Å². The van der Waals surface area contributed by atoms with Gasteiger partial charge in [0.1, 0.15) is 0 Å². The zero-order valence-corrected chi connectivity index (χ0v) is 22.1. The van der Waals surface area contributed by atoms with Gasteiger partial charge in [0.05, 0.1) is 97.4 Å². The zero-order valence-electron chi connectivity index (χ0n) is 22.1. The van der Waals surface area contributed by atoms with Crippen LogP contribution in [0.25, 0.3) is 0 Å². The lowest BCUT2D eigenvalue weighted by Crippen LogP contribution is -2.45. The molecule has 0 aromatic heterocycles. The van der Waals surface area contributed by atoms with Crippen molar-refractivity contribution >= 4 is 11.7 Å². The normalized spacial score (nSPS) is 11.8. The first-order valence-corrected chi connectivity index (χ1v) is 12.3. The molecule has 2 N–H and O–H groups in total. The third-order valence-electron chi connectivity index (χ3n) is 4.39. The van der Waals surface area contributed by atoms with Gasteiger partial charge in [-0.05, 0) is 27.7 Å². The molecule has 0 saturated heterocycles. The SMILES string of the molecule is CC(C)OCCOCCOCC(COCCOCCOC(C)C)NCC(=O)NCC(=O)C(C)C. The molecule has 0 aromatic carbocycles. The monoisotopic (exact) mass is 492 g/mol. The van der Waals surface area contributed by atoms with Gasteiger partial charge in [-0.3, -0.25) is 9.59 Å². The van der Waals surface area contributed by atoms with Gasteiger partial charge in [-0.25, -0.2) is 0 Å². The van der Waals surface area contributed by atoms with Gasteiger partial charge in [-0.1, -0.05) is 13.8 Å². The fourth-order valence-electron chi connectivity index (χ4n) is 2.43. The molecule has 0 heterocycles. The second kappa shape index (κ2) is 22.3. The van der Waals surface area contributed by atoms with E-state index in [1.807, 2.05) is 27.7 Å². The Balaban J connectivity index is 4.15. The number of amides is 1. The van der Waals surface area contributed by atoms with E-state index in [2.05, 4.69) is 10.6 Å². The number of carbonyl (C=O) groups is 2. The van der Waals surface area contributed by atoms with E-state index in [9.17, 15) is 9.59 Å². The van der Waals surface area contributed by atoms with E-state index < -0.39 is 0 Å². The third-order valence-corrected chi connectivity index (χ3v) is 4.39. The average molecular weight is 493 g/mol. The van der Waals surface area contributed by atoms with Crippen LogP contribution in [-0.4, -0.2) is 109 Å². The van der Waals surface area contributed by atoms with Crippen LogP contribution >= 0.6 is 0 Å². The second-order valence-corrected chi connectivity index (χ2v) is 8.69. The first-order valence-electron chi connectivity index (χ1n) is 12.3. The lowest BCUT2D eigenvalue weighted by molar-refractivity contribution is -0.126. The summed E-state index contributed by atoms with van der Waals surface area (Å²) in [5.41, 5.74) is 0. The van der Waals surface area contributed by atoms with Crippen LogP contribution in [0.3, 0.4) is 0 Å². The highest BCUT2D eigenvalue weighted by molar-refractivity contribution is 5.87. The summed E-state index contributed by atoms with van der Waals surface area (Å²) in [6, 6.07) is -0.194. The summed E-state index contributed by atoms with van der Waals surface area (Å²) in [6.45, 7) is 16.2. The molecule has 0 aliphatic carbocycles. The zero-order chi connectivity index (χ0) is 25.6. The molecule has 0 aromatic rings. The van der Waals surface area contributed by atoms with Gasteiger partial charge in [0, 0.05) is 5.92 Å². The molecule has 0 fully saturated rings. The van der Waals surface area contributed by atoms with Gasteiger partial charge in [0.15, 0.2) is 5.78 Å².